The summed E-state index contributed by atoms with van der Waals surface area (Å²) in [6.07, 6.45) is 7.19. The molecule has 8 heteroatoms. The Labute approximate surface area is 180 Å². The Balaban J connectivity index is 1.22. The van der Waals surface area contributed by atoms with Crippen LogP contribution in [0.25, 0.3) is 0 Å². The lowest BCUT2D eigenvalue weighted by Gasteiger charge is -2.41. The van der Waals surface area contributed by atoms with Crippen LogP contribution in [-0.2, 0) is 22.2 Å². The number of hydrogen-bond donors (Lipinski definition) is 0. The van der Waals surface area contributed by atoms with Crippen LogP contribution >= 0.6 is 0 Å². The first-order chi connectivity index (χ1) is 15.0. The van der Waals surface area contributed by atoms with Crippen LogP contribution in [0.3, 0.4) is 0 Å². The second-order valence-electron chi connectivity index (χ2n) is 8.76. The van der Waals surface area contributed by atoms with E-state index in [1.54, 1.807) is 29.9 Å². The molecule has 2 unspecified atom stereocenters. The molecule has 4 heterocycles. The van der Waals surface area contributed by atoms with Gasteiger partial charge in [-0.3, -0.25) is 9.59 Å². The van der Waals surface area contributed by atoms with Gasteiger partial charge in [-0.1, -0.05) is 0 Å². The molecule has 8 nitrogen and oxygen atoms in total. The van der Waals surface area contributed by atoms with E-state index >= 15 is 0 Å². The zero-order valence-corrected chi connectivity index (χ0v) is 17.5. The van der Waals surface area contributed by atoms with Gasteiger partial charge in [0.1, 0.15) is 18.5 Å². The lowest BCUT2D eigenvalue weighted by molar-refractivity contribution is -0.140. The van der Waals surface area contributed by atoms with Crippen molar-refractivity contribution in [2.24, 2.45) is 7.05 Å². The Morgan fingerprint density at radius 1 is 1.23 bits per heavy atom. The molecule has 31 heavy (non-hydrogen) atoms. The van der Waals surface area contributed by atoms with Gasteiger partial charge >= 0.3 is 0 Å². The summed E-state index contributed by atoms with van der Waals surface area (Å²) in [4.78, 5) is 33.3. The molecular weight excluding hydrogens is 394 g/mol. The predicted molar refractivity (Wildman–Crippen MR) is 113 cm³/mol. The number of pyridine rings is 2. The number of amides is 1. The van der Waals surface area contributed by atoms with E-state index in [4.69, 9.17) is 10.00 Å². The lowest BCUT2D eigenvalue weighted by Crippen LogP contribution is -2.56. The molecule has 1 amide bonds. The van der Waals surface area contributed by atoms with Crippen LogP contribution < -0.4 is 10.5 Å². The molecule has 2 atom stereocenters. The van der Waals surface area contributed by atoms with Gasteiger partial charge < -0.3 is 19.1 Å². The first kappa shape index (κ1) is 19.8. The number of nitrogens with zero attached hydrogens (tertiary/aromatic N) is 5. The van der Waals surface area contributed by atoms with Gasteiger partial charge in [-0.25, -0.2) is 4.98 Å². The monoisotopic (exact) mass is 419 g/mol. The Morgan fingerprint density at radius 2 is 1.97 bits per heavy atom. The summed E-state index contributed by atoms with van der Waals surface area (Å²) in [5.41, 5.74) is 1.02. The fourth-order valence-corrected chi connectivity index (χ4v) is 4.87. The van der Waals surface area contributed by atoms with Crippen molar-refractivity contribution in [3.63, 3.8) is 0 Å². The topological polar surface area (TPSA) is 91.5 Å². The highest BCUT2D eigenvalue weighted by atomic mass is 16.5. The van der Waals surface area contributed by atoms with Crippen LogP contribution in [0.15, 0.2) is 41.5 Å². The van der Waals surface area contributed by atoms with Crippen molar-refractivity contribution in [3.05, 3.63) is 58.1 Å². The van der Waals surface area contributed by atoms with Crippen LogP contribution in [0.5, 0.6) is 0 Å². The maximum Gasteiger partial charge on any atom is 0.250 e. The highest BCUT2D eigenvalue weighted by Crippen LogP contribution is 2.49. The fourth-order valence-electron chi connectivity index (χ4n) is 4.87. The average molecular weight is 419 g/mol. The summed E-state index contributed by atoms with van der Waals surface area (Å²) in [5, 5.41) is 8.99. The van der Waals surface area contributed by atoms with Crippen molar-refractivity contribution < 1.29 is 9.53 Å². The first-order valence-electron chi connectivity index (χ1n) is 10.7. The molecule has 3 fully saturated rings. The van der Waals surface area contributed by atoms with Crippen molar-refractivity contribution in [3.8, 4) is 6.07 Å². The lowest BCUT2D eigenvalue weighted by atomic mass is 10.1. The number of carbonyl (C=O) groups excluding carboxylic acids is 1. The molecule has 3 aliphatic rings. The number of aryl methyl sites for hydroxylation is 1. The third kappa shape index (κ3) is 3.59. The molecule has 1 saturated carbocycles. The summed E-state index contributed by atoms with van der Waals surface area (Å²) in [6.45, 7) is 1.37. The zero-order chi connectivity index (χ0) is 21.6. The van der Waals surface area contributed by atoms with Gasteiger partial charge in [0, 0.05) is 56.2 Å². The van der Waals surface area contributed by atoms with Crippen molar-refractivity contribution >= 4 is 11.7 Å². The summed E-state index contributed by atoms with van der Waals surface area (Å²) in [7, 11) is 1.73. The van der Waals surface area contributed by atoms with Crippen molar-refractivity contribution in [1.82, 2.24) is 14.5 Å². The maximum atomic E-state index is 12.9. The number of aromatic nitrogens is 2. The van der Waals surface area contributed by atoms with Gasteiger partial charge in [-0.15, -0.1) is 0 Å². The third-order valence-electron chi connectivity index (χ3n) is 6.76. The van der Waals surface area contributed by atoms with Crippen LogP contribution in [0, 0.1) is 11.3 Å². The van der Waals surface area contributed by atoms with Crippen LogP contribution in [0.1, 0.15) is 36.8 Å². The fraction of sp³-hybridized carbons (Fsp3) is 0.478. The number of hydrogen-bond acceptors (Lipinski definition) is 6. The van der Waals surface area contributed by atoms with Crippen molar-refractivity contribution in [2.75, 3.05) is 24.6 Å². The highest BCUT2D eigenvalue weighted by molar-refractivity contribution is 5.78. The number of fused-ring (bicyclic) bond motifs is 2. The summed E-state index contributed by atoms with van der Waals surface area (Å²) in [5.74, 6) is 0.891. The minimum Gasteiger partial charge on any atom is -0.360 e. The Bertz CT molecular complexity index is 1090. The normalized spacial score (nSPS) is 23.5. The van der Waals surface area contributed by atoms with Crippen LogP contribution in [0.2, 0.25) is 0 Å². The molecule has 2 bridgehead atoms. The quantitative estimate of drug-likeness (QED) is 0.730. The molecule has 0 radical (unpaired) electrons. The molecule has 0 spiro atoms. The minimum absolute atomic E-state index is 0.0143. The number of anilines is 1. The standard InChI is InChI=1S/C23H25N5O3/c1-26-12-17(3-7-21(26)29)23(8-9-23)31-15-22(30)27-13-18-4-5-19(14-27)28(18)20-6-2-16(10-24)11-25-20/h2-3,6-7,11-12,18-19H,4-5,8-9,13-15H2,1H3. The largest absolute Gasteiger partial charge is 0.360 e. The van der Waals surface area contributed by atoms with Gasteiger partial charge in [0.2, 0.25) is 11.5 Å². The maximum absolute atomic E-state index is 12.9. The van der Waals surface area contributed by atoms with E-state index in [0.29, 0.717) is 18.7 Å². The molecular formula is C23H25N5O3. The zero-order valence-electron chi connectivity index (χ0n) is 17.5. The van der Waals surface area contributed by atoms with E-state index < -0.39 is 5.60 Å². The molecule has 0 N–H and O–H groups in total. The SMILES string of the molecule is Cn1cc(C2(OCC(=O)N3CC4CCC(C3)N4c3ccc(C#N)cn3)CC2)ccc1=O. The van der Waals surface area contributed by atoms with Gasteiger partial charge in [-0.05, 0) is 43.9 Å². The van der Waals surface area contributed by atoms with E-state index in [-0.39, 0.29) is 30.2 Å². The molecule has 0 aromatic carbocycles. The van der Waals surface area contributed by atoms with E-state index in [1.165, 1.54) is 0 Å². The summed E-state index contributed by atoms with van der Waals surface area (Å²) < 4.78 is 7.65. The number of nitriles is 1. The highest BCUT2D eigenvalue weighted by Gasteiger charge is 2.47. The van der Waals surface area contributed by atoms with Gasteiger partial charge in [0.15, 0.2) is 0 Å². The summed E-state index contributed by atoms with van der Waals surface area (Å²) >= 11 is 0. The van der Waals surface area contributed by atoms with E-state index in [2.05, 4.69) is 16.0 Å². The van der Waals surface area contributed by atoms with E-state index in [9.17, 15) is 9.59 Å². The molecule has 5 rings (SSSR count). The van der Waals surface area contributed by atoms with Crippen molar-refractivity contribution in [1.29, 1.82) is 5.26 Å². The minimum atomic E-state index is -0.436. The van der Waals surface area contributed by atoms with Gasteiger partial charge in [0.05, 0.1) is 11.2 Å². The number of rotatable bonds is 5. The molecule has 160 valence electrons. The Kier molecular flexibility index (Phi) is 4.78. The number of carbonyl (C=O) groups is 1. The first-order valence-corrected chi connectivity index (χ1v) is 10.7. The second-order valence-corrected chi connectivity index (χ2v) is 8.76. The molecule has 2 aromatic heterocycles. The Hall–Kier alpha value is -3.18. The van der Waals surface area contributed by atoms with Crippen LogP contribution in [0.4, 0.5) is 5.82 Å². The predicted octanol–water partition coefficient (Wildman–Crippen LogP) is 1.54. The number of piperazine rings is 1. The average Bonchev–Trinajstić information content (AvgIpc) is 3.53. The third-order valence-corrected chi connectivity index (χ3v) is 6.76. The number of ether oxygens (including phenoxy) is 1. The molecule has 2 aromatic rings. The molecule has 1 aliphatic carbocycles. The van der Waals surface area contributed by atoms with Crippen molar-refractivity contribution in [2.45, 2.75) is 43.4 Å². The molecule has 2 saturated heterocycles. The number of likely N-dealkylation sites (tertiary alicyclic amines) is 1. The van der Waals surface area contributed by atoms with E-state index in [1.807, 2.05) is 23.2 Å². The smallest absolute Gasteiger partial charge is 0.250 e. The second kappa shape index (κ2) is 7.50. The van der Waals surface area contributed by atoms with Crippen LogP contribution in [-0.4, -0.2) is 52.1 Å². The molecule has 2 aliphatic heterocycles. The van der Waals surface area contributed by atoms with E-state index in [0.717, 1.165) is 37.1 Å². The van der Waals surface area contributed by atoms with Gasteiger partial charge in [0.25, 0.3) is 0 Å². The Morgan fingerprint density at radius 3 is 2.55 bits per heavy atom. The van der Waals surface area contributed by atoms with Gasteiger partial charge in [-0.2, -0.15) is 5.26 Å². The summed E-state index contributed by atoms with van der Waals surface area (Å²) in [6, 6.07) is 9.63.